The van der Waals surface area contributed by atoms with Gasteiger partial charge in [0.2, 0.25) is 0 Å². The van der Waals surface area contributed by atoms with Gasteiger partial charge in [-0.2, -0.15) is 0 Å². The first-order valence-corrected chi connectivity index (χ1v) is 12.3. The van der Waals surface area contributed by atoms with Crippen LogP contribution in [0.25, 0.3) is 33.6 Å². The SMILES string of the molecule is c1cc(-c2cnc([C@@H]3CCCN3)[nH]2)ccc1-c1ccc2c(c1)OCc1[nH]c([C@@H]3CCCN3)nc1-2. The second kappa shape index (κ2) is 8.11. The minimum atomic E-state index is 0.326. The number of nitrogens with one attached hydrogen (secondary N) is 4. The predicted molar refractivity (Wildman–Crippen MR) is 131 cm³/mol. The molecule has 5 heterocycles. The molecule has 34 heavy (non-hydrogen) atoms. The van der Waals surface area contributed by atoms with Gasteiger partial charge in [-0.1, -0.05) is 30.3 Å². The summed E-state index contributed by atoms with van der Waals surface area (Å²) >= 11 is 0. The van der Waals surface area contributed by atoms with Gasteiger partial charge in [0.25, 0.3) is 0 Å². The molecule has 0 spiro atoms. The highest BCUT2D eigenvalue weighted by Gasteiger charge is 2.26. The summed E-state index contributed by atoms with van der Waals surface area (Å²) in [5, 5.41) is 7.02. The first-order valence-electron chi connectivity index (χ1n) is 12.3. The molecule has 3 aliphatic heterocycles. The minimum absolute atomic E-state index is 0.326. The molecule has 0 amide bonds. The van der Waals surface area contributed by atoms with Crippen molar-refractivity contribution in [2.75, 3.05) is 13.1 Å². The summed E-state index contributed by atoms with van der Waals surface area (Å²) in [6, 6.07) is 15.7. The van der Waals surface area contributed by atoms with Crippen molar-refractivity contribution in [2.45, 2.75) is 44.4 Å². The standard InChI is InChI=1S/C27H28N6O/c1-3-20(28-11-1)26-30-14-22(31-26)17-7-5-16(6-8-17)18-9-10-19-24(13-18)34-15-23-25(19)33-27(32-23)21-4-2-12-29-21/h5-10,13-14,20-21,28-29H,1-4,11-12,15H2,(H,30,31)(H,32,33)/t20-,21-/m0/s1. The van der Waals surface area contributed by atoms with Gasteiger partial charge in [-0.3, -0.25) is 0 Å². The number of benzene rings is 2. The Hall–Kier alpha value is -3.42. The summed E-state index contributed by atoms with van der Waals surface area (Å²) in [5.74, 6) is 2.96. The maximum atomic E-state index is 6.12. The lowest BCUT2D eigenvalue weighted by atomic mass is 9.99. The Morgan fingerprint density at radius 3 is 2.29 bits per heavy atom. The number of aromatic nitrogens is 4. The summed E-state index contributed by atoms with van der Waals surface area (Å²) < 4.78 is 6.12. The fourth-order valence-corrected chi connectivity index (χ4v) is 5.43. The predicted octanol–water partition coefficient (Wildman–Crippen LogP) is 4.88. The van der Waals surface area contributed by atoms with Gasteiger partial charge in [0.15, 0.2) is 0 Å². The van der Waals surface area contributed by atoms with Gasteiger partial charge in [0, 0.05) is 5.56 Å². The fraction of sp³-hybridized carbons (Fsp3) is 0.333. The number of nitrogens with zero attached hydrogens (tertiary/aromatic N) is 2. The molecule has 2 aromatic carbocycles. The van der Waals surface area contributed by atoms with Gasteiger partial charge < -0.3 is 25.3 Å². The van der Waals surface area contributed by atoms with Crippen molar-refractivity contribution in [3.05, 3.63) is 66.0 Å². The van der Waals surface area contributed by atoms with E-state index in [1.165, 1.54) is 12.8 Å². The molecule has 7 heteroatoms. The zero-order valence-electron chi connectivity index (χ0n) is 19.0. The Kier molecular flexibility index (Phi) is 4.77. The largest absolute Gasteiger partial charge is 0.487 e. The number of hydrogen-bond acceptors (Lipinski definition) is 5. The summed E-state index contributed by atoms with van der Waals surface area (Å²) in [4.78, 5) is 16.5. The third-order valence-electron chi connectivity index (χ3n) is 7.31. The van der Waals surface area contributed by atoms with Gasteiger partial charge in [-0.05, 0) is 67.6 Å². The van der Waals surface area contributed by atoms with Crippen LogP contribution in [-0.2, 0) is 6.61 Å². The molecule has 0 bridgehead atoms. The molecule has 7 nitrogen and oxygen atoms in total. The Morgan fingerprint density at radius 2 is 1.53 bits per heavy atom. The molecular formula is C27H28N6O. The highest BCUT2D eigenvalue weighted by Crippen LogP contribution is 2.40. The molecule has 0 saturated carbocycles. The quantitative estimate of drug-likeness (QED) is 0.354. The molecule has 0 aliphatic carbocycles. The third kappa shape index (κ3) is 3.43. The number of H-pyrrole nitrogens is 2. The van der Waals surface area contributed by atoms with E-state index < -0.39 is 0 Å². The van der Waals surface area contributed by atoms with Crippen molar-refractivity contribution >= 4 is 0 Å². The molecule has 0 radical (unpaired) electrons. The number of imidazole rings is 2. The van der Waals surface area contributed by atoms with Crippen LogP contribution in [0.4, 0.5) is 0 Å². The van der Waals surface area contributed by atoms with Crippen molar-refractivity contribution in [3.8, 4) is 39.4 Å². The van der Waals surface area contributed by atoms with E-state index in [0.29, 0.717) is 18.7 Å². The molecule has 2 saturated heterocycles. The van der Waals surface area contributed by atoms with E-state index in [0.717, 1.165) is 82.7 Å². The van der Waals surface area contributed by atoms with Crippen molar-refractivity contribution < 1.29 is 4.74 Å². The first-order chi connectivity index (χ1) is 16.8. The Bertz CT molecular complexity index is 1330. The molecule has 2 aromatic heterocycles. The molecule has 3 aliphatic rings. The van der Waals surface area contributed by atoms with E-state index in [-0.39, 0.29) is 0 Å². The van der Waals surface area contributed by atoms with Crippen molar-refractivity contribution in [3.63, 3.8) is 0 Å². The highest BCUT2D eigenvalue weighted by molar-refractivity contribution is 5.77. The second-order valence-electron chi connectivity index (χ2n) is 9.51. The second-order valence-corrected chi connectivity index (χ2v) is 9.51. The summed E-state index contributed by atoms with van der Waals surface area (Å²) in [7, 11) is 0. The molecule has 4 N–H and O–H groups in total. The summed E-state index contributed by atoms with van der Waals surface area (Å²) in [6.07, 6.45) is 6.62. The van der Waals surface area contributed by atoms with E-state index in [2.05, 4.69) is 68.1 Å². The van der Waals surface area contributed by atoms with Crippen LogP contribution in [0.3, 0.4) is 0 Å². The van der Waals surface area contributed by atoms with Crippen LogP contribution >= 0.6 is 0 Å². The molecule has 2 fully saturated rings. The maximum Gasteiger partial charge on any atom is 0.130 e. The van der Waals surface area contributed by atoms with E-state index in [1.807, 2.05) is 6.20 Å². The van der Waals surface area contributed by atoms with E-state index in [1.54, 1.807) is 0 Å². The number of ether oxygens (including phenoxy) is 1. The van der Waals surface area contributed by atoms with Crippen LogP contribution < -0.4 is 15.4 Å². The van der Waals surface area contributed by atoms with Crippen LogP contribution in [0, 0.1) is 0 Å². The van der Waals surface area contributed by atoms with Gasteiger partial charge in [0.05, 0.1) is 35.4 Å². The number of aromatic amines is 2. The van der Waals surface area contributed by atoms with E-state index in [9.17, 15) is 0 Å². The Morgan fingerprint density at radius 1 is 0.794 bits per heavy atom. The molecular weight excluding hydrogens is 424 g/mol. The minimum Gasteiger partial charge on any atom is -0.487 e. The number of rotatable bonds is 4. The van der Waals surface area contributed by atoms with Crippen molar-refractivity contribution in [2.24, 2.45) is 0 Å². The molecule has 0 unspecified atom stereocenters. The fourth-order valence-electron chi connectivity index (χ4n) is 5.43. The lowest BCUT2D eigenvalue weighted by molar-refractivity contribution is 0.297. The number of hydrogen-bond donors (Lipinski definition) is 4. The zero-order chi connectivity index (χ0) is 22.5. The average Bonchev–Trinajstić information content (AvgIpc) is 3.70. The lowest BCUT2D eigenvalue weighted by Crippen LogP contribution is -2.14. The first kappa shape index (κ1) is 20.0. The Balaban J connectivity index is 1.14. The number of fused-ring (bicyclic) bond motifs is 3. The van der Waals surface area contributed by atoms with Gasteiger partial charge in [-0.15, -0.1) is 0 Å². The Labute approximate surface area is 198 Å². The van der Waals surface area contributed by atoms with Crippen molar-refractivity contribution in [1.29, 1.82) is 0 Å². The van der Waals surface area contributed by atoms with Crippen LogP contribution in [0.1, 0.15) is 55.1 Å². The smallest absolute Gasteiger partial charge is 0.130 e. The van der Waals surface area contributed by atoms with Crippen molar-refractivity contribution in [1.82, 2.24) is 30.6 Å². The molecule has 172 valence electrons. The van der Waals surface area contributed by atoms with Crippen LogP contribution in [0.15, 0.2) is 48.7 Å². The van der Waals surface area contributed by atoms with Crippen LogP contribution in [-0.4, -0.2) is 33.0 Å². The van der Waals surface area contributed by atoms with Gasteiger partial charge >= 0.3 is 0 Å². The summed E-state index contributed by atoms with van der Waals surface area (Å²) in [5.41, 5.74) is 7.66. The van der Waals surface area contributed by atoms with Crippen LogP contribution in [0.5, 0.6) is 5.75 Å². The summed E-state index contributed by atoms with van der Waals surface area (Å²) in [6.45, 7) is 2.66. The topological polar surface area (TPSA) is 90.6 Å². The molecule has 7 rings (SSSR count). The highest BCUT2D eigenvalue weighted by atomic mass is 16.5. The third-order valence-corrected chi connectivity index (χ3v) is 7.31. The maximum absolute atomic E-state index is 6.12. The van der Waals surface area contributed by atoms with E-state index >= 15 is 0 Å². The van der Waals surface area contributed by atoms with Gasteiger partial charge in [-0.25, -0.2) is 9.97 Å². The average molecular weight is 453 g/mol. The van der Waals surface area contributed by atoms with E-state index in [4.69, 9.17) is 9.72 Å². The van der Waals surface area contributed by atoms with Crippen LogP contribution in [0.2, 0.25) is 0 Å². The molecule has 2 atom stereocenters. The lowest BCUT2D eigenvalue weighted by Gasteiger charge is -2.17. The normalized spacial score (nSPS) is 21.3. The zero-order valence-corrected chi connectivity index (χ0v) is 19.0. The van der Waals surface area contributed by atoms with Gasteiger partial charge in [0.1, 0.15) is 24.0 Å². The molecule has 4 aromatic rings. The monoisotopic (exact) mass is 452 g/mol.